The topological polar surface area (TPSA) is 41.1 Å². The molecule has 0 aliphatic carbocycles. The summed E-state index contributed by atoms with van der Waals surface area (Å²) >= 11 is 17.8. The molecule has 6 heteroatoms. The molecule has 21 heavy (non-hydrogen) atoms. The summed E-state index contributed by atoms with van der Waals surface area (Å²) in [5.74, 6) is -0.345. The monoisotopic (exact) mass is 350 g/mol. The standard InChI is InChI=1S/C15H21Cl3N2O/c1-9(2)13(21)20-14(15(16,17)18)19-8-12-7-10(3)5-6-11(12)4/h5-7,9,14,19H,8H2,1-4H3,(H,20,21). The van der Waals surface area contributed by atoms with E-state index in [9.17, 15) is 4.79 Å². The van der Waals surface area contributed by atoms with Gasteiger partial charge in [-0.2, -0.15) is 0 Å². The largest absolute Gasteiger partial charge is 0.336 e. The van der Waals surface area contributed by atoms with Crippen LogP contribution in [0.5, 0.6) is 0 Å². The van der Waals surface area contributed by atoms with Crippen LogP contribution >= 0.6 is 34.8 Å². The number of benzene rings is 1. The van der Waals surface area contributed by atoms with Gasteiger partial charge in [0.05, 0.1) is 0 Å². The lowest BCUT2D eigenvalue weighted by Gasteiger charge is -2.27. The summed E-state index contributed by atoms with van der Waals surface area (Å²) < 4.78 is -1.62. The minimum atomic E-state index is -1.62. The third kappa shape index (κ3) is 6.03. The molecular weight excluding hydrogens is 331 g/mol. The van der Waals surface area contributed by atoms with E-state index in [0.29, 0.717) is 6.54 Å². The molecule has 0 heterocycles. The molecule has 0 saturated carbocycles. The van der Waals surface area contributed by atoms with Crippen LogP contribution in [0.25, 0.3) is 0 Å². The van der Waals surface area contributed by atoms with Gasteiger partial charge in [-0.05, 0) is 25.0 Å². The average Bonchev–Trinajstić information content (AvgIpc) is 2.36. The second kappa shape index (κ2) is 7.68. The normalized spacial score (nSPS) is 13.3. The van der Waals surface area contributed by atoms with Crippen LogP contribution in [0.4, 0.5) is 0 Å². The number of hydrogen-bond donors (Lipinski definition) is 2. The van der Waals surface area contributed by atoms with Crippen molar-refractivity contribution in [3.8, 4) is 0 Å². The highest BCUT2D eigenvalue weighted by atomic mass is 35.6. The fourth-order valence-corrected chi connectivity index (χ4v) is 2.16. The Hall–Kier alpha value is -0.480. The van der Waals surface area contributed by atoms with Gasteiger partial charge in [0.15, 0.2) is 0 Å². The maximum atomic E-state index is 11.8. The fraction of sp³-hybridized carbons (Fsp3) is 0.533. The number of amides is 1. The van der Waals surface area contributed by atoms with Crippen molar-refractivity contribution in [3.05, 3.63) is 34.9 Å². The van der Waals surface area contributed by atoms with Gasteiger partial charge in [-0.25, -0.2) is 0 Å². The molecule has 2 N–H and O–H groups in total. The first-order valence-electron chi connectivity index (χ1n) is 6.78. The third-order valence-corrected chi connectivity index (χ3v) is 3.79. The van der Waals surface area contributed by atoms with Gasteiger partial charge in [-0.15, -0.1) is 0 Å². The van der Waals surface area contributed by atoms with E-state index in [-0.39, 0.29) is 11.8 Å². The molecule has 0 fully saturated rings. The molecule has 3 nitrogen and oxygen atoms in total. The van der Waals surface area contributed by atoms with Gasteiger partial charge < -0.3 is 5.32 Å². The Labute approximate surface area is 141 Å². The van der Waals surface area contributed by atoms with Gasteiger partial charge in [0.1, 0.15) is 6.17 Å². The number of carbonyl (C=O) groups is 1. The molecule has 0 aromatic heterocycles. The molecule has 1 unspecified atom stereocenters. The Bertz CT molecular complexity index is 498. The van der Waals surface area contributed by atoms with Crippen LogP contribution in [0.15, 0.2) is 18.2 Å². The van der Waals surface area contributed by atoms with E-state index >= 15 is 0 Å². The van der Waals surface area contributed by atoms with E-state index < -0.39 is 9.96 Å². The molecule has 0 saturated heterocycles. The molecule has 1 atom stereocenters. The number of carbonyl (C=O) groups excluding carboxylic acids is 1. The number of hydrogen-bond acceptors (Lipinski definition) is 2. The summed E-state index contributed by atoms with van der Waals surface area (Å²) in [5.41, 5.74) is 3.41. The van der Waals surface area contributed by atoms with Crippen LogP contribution in [0.3, 0.4) is 0 Å². The summed E-state index contributed by atoms with van der Waals surface area (Å²) in [6.07, 6.45) is -0.752. The second-order valence-electron chi connectivity index (χ2n) is 5.45. The van der Waals surface area contributed by atoms with E-state index in [2.05, 4.69) is 16.7 Å². The first-order valence-corrected chi connectivity index (χ1v) is 7.91. The molecular formula is C15H21Cl3N2O. The van der Waals surface area contributed by atoms with Gasteiger partial charge in [0, 0.05) is 12.5 Å². The van der Waals surface area contributed by atoms with E-state index in [1.807, 2.05) is 26.0 Å². The lowest BCUT2D eigenvalue weighted by molar-refractivity contribution is -0.124. The van der Waals surface area contributed by atoms with Crippen molar-refractivity contribution in [2.75, 3.05) is 0 Å². The maximum Gasteiger partial charge on any atom is 0.223 e. The lowest BCUT2D eigenvalue weighted by Crippen LogP contribution is -2.54. The number of alkyl halides is 3. The molecule has 0 aliphatic rings. The fourth-order valence-electron chi connectivity index (χ4n) is 1.76. The van der Waals surface area contributed by atoms with Gasteiger partial charge in [0.2, 0.25) is 9.70 Å². The van der Waals surface area contributed by atoms with Crippen molar-refractivity contribution in [1.29, 1.82) is 0 Å². The summed E-state index contributed by atoms with van der Waals surface area (Å²) in [7, 11) is 0. The third-order valence-electron chi connectivity index (χ3n) is 3.14. The van der Waals surface area contributed by atoms with Crippen LogP contribution in [0.1, 0.15) is 30.5 Å². The Kier molecular flexibility index (Phi) is 6.79. The number of aryl methyl sites for hydroxylation is 2. The van der Waals surface area contributed by atoms with Crippen LogP contribution in [0, 0.1) is 19.8 Å². The highest BCUT2D eigenvalue weighted by molar-refractivity contribution is 6.68. The van der Waals surface area contributed by atoms with Crippen molar-refractivity contribution in [1.82, 2.24) is 10.6 Å². The van der Waals surface area contributed by atoms with Crippen molar-refractivity contribution in [2.45, 2.75) is 44.2 Å². The van der Waals surface area contributed by atoms with E-state index in [1.54, 1.807) is 13.8 Å². The molecule has 1 amide bonds. The number of halogens is 3. The molecule has 0 aliphatic heterocycles. The lowest BCUT2D eigenvalue weighted by atomic mass is 10.1. The molecule has 0 spiro atoms. The molecule has 118 valence electrons. The predicted molar refractivity (Wildman–Crippen MR) is 89.8 cm³/mol. The minimum absolute atomic E-state index is 0.167. The molecule has 0 bridgehead atoms. The van der Waals surface area contributed by atoms with Crippen molar-refractivity contribution < 1.29 is 4.79 Å². The Balaban J connectivity index is 2.78. The SMILES string of the molecule is Cc1ccc(C)c(CNC(NC(=O)C(C)C)C(Cl)(Cl)Cl)c1. The van der Waals surface area contributed by atoms with Gasteiger partial charge >= 0.3 is 0 Å². The summed E-state index contributed by atoms with van der Waals surface area (Å²) in [6, 6.07) is 6.16. The first-order chi connectivity index (χ1) is 9.61. The molecule has 0 radical (unpaired) electrons. The predicted octanol–water partition coefficient (Wildman–Crippen LogP) is 3.86. The second-order valence-corrected chi connectivity index (χ2v) is 7.82. The van der Waals surface area contributed by atoms with Crippen LogP contribution in [0.2, 0.25) is 0 Å². The van der Waals surface area contributed by atoms with E-state index in [1.165, 1.54) is 0 Å². The summed E-state index contributed by atoms with van der Waals surface area (Å²) in [5, 5.41) is 5.82. The molecule has 1 aromatic rings. The Morgan fingerprint density at radius 3 is 2.38 bits per heavy atom. The zero-order valence-electron chi connectivity index (χ0n) is 12.6. The summed E-state index contributed by atoms with van der Waals surface area (Å²) in [4.78, 5) is 11.8. The smallest absolute Gasteiger partial charge is 0.223 e. The number of nitrogens with one attached hydrogen (secondary N) is 2. The van der Waals surface area contributed by atoms with Crippen LogP contribution in [-0.4, -0.2) is 15.9 Å². The highest BCUT2D eigenvalue weighted by Gasteiger charge is 2.34. The Morgan fingerprint density at radius 2 is 1.86 bits per heavy atom. The van der Waals surface area contributed by atoms with Crippen LogP contribution < -0.4 is 10.6 Å². The average molecular weight is 352 g/mol. The first kappa shape index (κ1) is 18.6. The van der Waals surface area contributed by atoms with Crippen LogP contribution in [-0.2, 0) is 11.3 Å². The van der Waals surface area contributed by atoms with Crippen molar-refractivity contribution >= 4 is 40.7 Å². The number of rotatable bonds is 5. The van der Waals surface area contributed by atoms with E-state index in [0.717, 1.165) is 16.7 Å². The van der Waals surface area contributed by atoms with Gasteiger partial charge in [-0.3, -0.25) is 10.1 Å². The highest BCUT2D eigenvalue weighted by Crippen LogP contribution is 2.29. The van der Waals surface area contributed by atoms with Gasteiger partial charge in [-0.1, -0.05) is 72.4 Å². The Morgan fingerprint density at radius 1 is 1.24 bits per heavy atom. The summed E-state index contributed by atoms with van der Waals surface area (Å²) in [6.45, 7) is 8.12. The zero-order valence-corrected chi connectivity index (χ0v) is 14.9. The van der Waals surface area contributed by atoms with Crippen molar-refractivity contribution in [3.63, 3.8) is 0 Å². The minimum Gasteiger partial charge on any atom is -0.336 e. The zero-order chi connectivity index (χ0) is 16.2. The maximum absolute atomic E-state index is 11.8. The quantitative estimate of drug-likeness (QED) is 0.625. The molecule has 1 aromatic carbocycles. The molecule has 1 rings (SSSR count). The van der Waals surface area contributed by atoms with Crippen molar-refractivity contribution in [2.24, 2.45) is 5.92 Å². The van der Waals surface area contributed by atoms with E-state index in [4.69, 9.17) is 34.8 Å². The van der Waals surface area contributed by atoms with Gasteiger partial charge in [0.25, 0.3) is 0 Å².